The highest BCUT2D eigenvalue weighted by Crippen LogP contribution is 2.46. The van der Waals surface area contributed by atoms with Crippen molar-refractivity contribution in [3.05, 3.63) is 58.7 Å². The lowest BCUT2D eigenvalue weighted by atomic mass is 9.85. The van der Waals surface area contributed by atoms with E-state index in [2.05, 4.69) is 45.1 Å². The first-order valence-corrected chi connectivity index (χ1v) is 11.4. The Bertz CT molecular complexity index is 1000. The zero-order valence-electron chi connectivity index (χ0n) is 19.8. The molecule has 2 unspecified atom stereocenters. The highest BCUT2D eigenvalue weighted by molar-refractivity contribution is 5.79. The summed E-state index contributed by atoms with van der Waals surface area (Å²) in [6.45, 7) is 10.8. The SMILES string of the molecule is COc1cccc(N2CCN(CC(=O)NC3c4cc(C)cc(C)c4CC3(C)C)CC2O)c1. The summed E-state index contributed by atoms with van der Waals surface area (Å²) in [4.78, 5) is 17.0. The summed E-state index contributed by atoms with van der Waals surface area (Å²) in [6.07, 6.45) is 0.301. The molecule has 1 amide bonds. The minimum atomic E-state index is -0.669. The van der Waals surface area contributed by atoms with Crippen molar-refractivity contribution >= 4 is 11.6 Å². The first-order valence-electron chi connectivity index (χ1n) is 11.4. The first kappa shape index (κ1) is 22.6. The number of carbonyl (C=O) groups excluding carboxylic acids is 1. The Labute approximate surface area is 191 Å². The van der Waals surface area contributed by atoms with Gasteiger partial charge in [-0.15, -0.1) is 0 Å². The molecule has 1 saturated heterocycles. The van der Waals surface area contributed by atoms with Crippen LogP contribution in [0.15, 0.2) is 36.4 Å². The lowest BCUT2D eigenvalue weighted by Crippen LogP contribution is -2.55. The molecule has 2 aliphatic rings. The molecule has 0 aromatic heterocycles. The number of methoxy groups -OCH3 is 1. The predicted octanol–water partition coefficient (Wildman–Crippen LogP) is 3.19. The number of rotatable bonds is 5. The molecule has 6 heteroatoms. The number of hydrogen-bond acceptors (Lipinski definition) is 5. The van der Waals surface area contributed by atoms with E-state index in [9.17, 15) is 9.90 Å². The van der Waals surface area contributed by atoms with Crippen LogP contribution in [0, 0.1) is 19.3 Å². The van der Waals surface area contributed by atoms with Crippen molar-refractivity contribution in [3.63, 3.8) is 0 Å². The van der Waals surface area contributed by atoms with Crippen LogP contribution in [-0.2, 0) is 11.2 Å². The predicted molar refractivity (Wildman–Crippen MR) is 127 cm³/mol. The molecule has 1 fully saturated rings. The number of fused-ring (bicyclic) bond motifs is 1. The summed E-state index contributed by atoms with van der Waals surface area (Å²) in [6, 6.07) is 12.2. The number of β-amino-alcohol motifs (C(OH)–C–C–N with tert-alkyl or cyclic N) is 1. The number of aryl methyl sites for hydroxylation is 2. The van der Waals surface area contributed by atoms with Gasteiger partial charge in [0.2, 0.25) is 5.91 Å². The fourth-order valence-corrected chi connectivity index (χ4v) is 5.24. The summed E-state index contributed by atoms with van der Waals surface area (Å²) < 4.78 is 5.30. The van der Waals surface area contributed by atoms with Gasteiger partial charge in [-0.3, -0.25) is 9.69 Å². The van der Waals surface area contributed by atoms with E-state index in [0.717, 1.165) is 17.9 Å². The molecule has 2 N–H and O–H groups in total. The standard InChI is InChI=1S/C26H35N3O3/c1-17-11-18(2)22-14-26(3,4)25(21(22)12-17)27-23(30)15-28-9-10-29(24(31)16-28)19-7-6-8-20(13-19)32-5/h6-8,11-13,24-25,31H,9-10,14-16H2,1-5H3,(H,27,30). The van der Waals surface area contributed by atoms with Gasteiger partial charge in [0.15, 0.2) is 0 Å². The van der Waals surface area contributed by atoms with E-state index in [1.165, 1.54) is 22.3 Å². The number of nitrogens with one attached hydrogen (secondary N) is 1. The lowest BCUT2D eigenvalue weighted by Gasteiger charge is -2.40. The molecule has 2 aromatic rings. The highest BCUT2D eigenvalue weighted by Gasteiger charge is 2.41. The van der Waals surface area contributed by atoms with Crippen LogP contribution >= 0.6 is 0 Å². The van der Waals surface area contributed by atoms with Crippen molar-refractivity contribution in [2.45, 2.75) is 46.4 Å². The van der Waals surface area contributed by atoms with Gasteiger partial charge in [0, 0.05) is 31.4 Å². The maximum Gasteiger partial charge on any atom is 0.234 e. The van der Waals surface area contributed by atoms with Crippen LogP contribution in [0.5, 0.6) is 5.75 Å². The van der Waals surface area contributed by atoms with Gasteiger partial charge in [0.05, 0.1) is 19.7 Å². The second kappa shape index (κ2) is 8.75. The number of hydrogen-bond donors (Lipinski definition) is 2. The maximum atomic E-state index is 13.0. The van der Waals surface area contributed by atoms with Gasteiger partial charge < -0.3 is 20.1 Å². The van der Waals surface area contributed by atoms with E-state index in [0.29, 0.717) is 19.6 Å². The van der Waals surface area contributed by atoms with Crippen molar-refractivity contribution in [2.24, 2.45) is 5.41 Å². The molecule has 6 nitrogen and oxygen atoms in total. The zero-order chi connectivity index (χ0) is 23.0. The summed E-state index contributed by atoms with van der Waals surface area (Å²) in [5.41, 5.74) is 6.06. The maximum absolute atomic E-state index is 13.0. The van der Waals surface area contributed by atoms with Crippen LogP contribution in [0.4, 0.5) is 5.69 Å². The third-order valence-corrected chi connectivity index (χ3v) is 6.87. The van der Waals surface area contributed by atoms with Crippen molar-refractivity contribution in [2.75, 3.05) is 38.2 Å². The average molecular weight is 438 g/mol. The molecule has 1 aliphatic heterocycles. The summed E-state index contributed by atoms with van der Waals surface area (Å²) in [7, 11) is 1.64. The van der Waals surface area contributed by atoms with Crippen LogP contribution < -0.4 is 15.0 Å². The van der Waals surface area contributed by atoms with Crippen molar-refractivity contribution in [1.29, 1.82) is 0 Å². The molecule has 0 radical (unpaired) electrons. The monoisotopic (exact) mass is 437 g/mol. The van der Waals surface area contributed by atoms with E-state index in [1.54, 1.807) is 7.11 Å². The van der Waals surface area contributed by atoms with Gasteiger partial charge in [0.25, 0.3) is 0 Å². The highest BCUT2D eigenvalue weighted by atomic mass is 16.5. The topological polar surface area (TPSA) is 65.0 Å². The average Bonchev–Trinajstić information content (AvgIpc) is 2.98. The normalized spacial score (nSPS) is 22.5. The molecule has 0 bridgehead atoms. The van der Waals surface area contributed by atoms with Crippen molar-refractivity contribution < 1.29 is 14.6 Å². The number of nitrogens with zero attached hydrogens (tertiary/aromatic N) is 2. The quantitative estimate of drug-likeness (QED) is 0.752. The van der Waals surface area contributed by atoms with Gasteiger partial charge in [-0.05, 0) is 54.5 Å². The number of piperazine rings is 1. The van der Waals surface area contributed by atoms with Crippen LogP contribution in [-0.4, -0.2) is 55.4 Å². The Morgan fingerprint density at radius 3 is 2.72 bits per heavy atom. The molecule has 172 valence electrons. The summed E-state index contributed by atoms with van der Waals surface area (Å²) in [5, 5.41) is 14.0. The molecule has 1 aliphatic carbocycles. The van der Waals surface area contributed by atoms with Crippen LogP contribution in [0.25, 0.3) is 0 Å². The molecule has 2 atom stereocenters. The number of benzene rings is 2. The van der Waals surface area contributed by atoms with Gasteiger partial charge in [-0.25, -0.2) is 0 Å². The molecule has 0 saturated carbocycles. The van der Waals surface area contributed by atoms with Crippen LogP contribution in [0.3, 0.4) is 0 Å². The third kappa shape index (κ3) is 4.48. The fourth-order valence-electron chi connectivity index (χ4n) is 5.24. The lowest BCUT2D eigenvalue weighted by molar-refractivity contribution is -0.124. The van der Waals surface area contributed by atoms with E-state index >= 15 is 0 Å². The molecular formula is C26H35N3O3. The molecule has 0 spiro atoms. The van der Waals surface area contributed by atoms with E-state index < -0.39 is 6.23 Å². The number of amides is 1. The summed E-state index contributed by atoms with van der Waals surface area (Å²) >= 11 is 0. The number of anilines is 1. The second-order valence-electron chi connectivity index (χ2n) is 9.93. The minimum Gasteiger partial charge on any atom is -0.497 e. The fraction of sp³-hybridized carbons (Fsp3) is 0.500. The van der Waals surface area contributed by atoms with Gasteiger partial charge >= 0.3 is 0 Å². The molecule has 32 heavy (non-hydrogen) atoms. The zero-order valence-corrected chi connectivity index (χ0v) is 19.8. The molecule has 4 rings (SSSR count). The van der Waals surface area contributed by atoms with E-state index in [-0.39, 0.29) is 23.9 Å². The van der Waals surface area contributed by atoms with Crippen molar-refractivity contribution in [1.82, 2.24) is 10.2 Å². The van der Waals surface area contributed by atoms with Gasteiger partial charge in [-0.1, -0.05) is 37.6 Å². The first-order chi connectivity index (χ1) is 15.2. The van der Waals surface area contributed by atoms with E-state index in [4.69, 9.17) is 4.74 Å². The Hall–Kier alpha value is -2.57. The Balaban J connectivity index is 1.39. The number of carbonyl (C=O) groups is 1. The minimum absolute atomic E-state index is 0.00611. The molecular weight excluding hydrogens is 402 g/mol. The van der Waals surface area contributed by atoms with Gasteiger partial charge in [0.1, 0.15) is 12.0 Å². The van der Waals surface area contributed by atoms with Crippen LogP contribution in [0.1, 0.15) is 42.1 Å². The smallest absolute Gasteiger partial charge is 0.234 e. The second-order valence-corrected chi connectivity index (χ2v) is 9.93. The Kier molecular flexibility index (Phi) is 6.19. The summed E-state index contributed by atoms with van der Waals surface area (Å²) in [5.74, 6) is 0.776. The number of aliphatic hydroxyl groups is 1. The third-order valence-electron chi connectivity index (χ3n) is 6.87. The molecule has 1 heterocycles. The largest absolute Gasteiger partial charge is 0.497 e. The number of aliphatic hydroxyl groups excluding tert-OH is 1. The van der Waals surface area contributed by atoms with Gasteiger partial charge in [-0.2, -0.15) is 0 Å². The van der Waals surface area contributed by atoms with E-state index in [1.807, 2.05) is 34.1 Å². The Morgan fingerprint density at radius 1 is 1.22 bits per heavy atom. The number of ether oxygens (including phenoxy) is 1. The Morgan fingerprint density at radius 2 is 2.00 bits per heavy atom. The van der Waals surface area contributed by atoms with Crippen molar-refractivity contribution in [3.8, 4) is 5.75 Å². The molecule has 2 aromatic carbocycles. The van der Waals surface area contributed by atoms with Crippen LogP contribution in [0.2, 0.25) is 0 Å².